The van der Waals surface area contributed by atoms with E-state index in [-0.39, 0.29) is 5.56 Å². The maximum atomic E-state index is 12.5. The second kappa shape index (κ2) is 7.61. The van der Waals surface area contributed by atoms with Gasteiger partial charge in [-0.2, -0.15) is 0 Å². The van der Waals surface area contributed by atoms with E-state index < -0.39 is 0 Å². The van der Waals surface area contributed by atoms with Gasteiger partial charge in [0.15, 0.2) is 0 Å². The Morgan fingerprint density at radius 3 is 2.54 bits per heavy atom. The molecule has 0 bridgehead atoms. The van der Waals surface area contributed by atoms with E-state index in [1.807, 2.05) is 61.5 Å². The molecule has 3 aromatic carbocycles. The first-order valence-corrected chi connectivity index (χ1v) is 9.24. The SMILES string of the molecule is COc1ccc(-c2ccccc2)cc1NCc1cc2cc(C)ccc2[nH]c1=O. The van der Waals surface area contributed by atoms with Crippen molar-refractivity contribution in [2.75, 3.05) is 12.4 Å². The largest absolute Gasteiger partial charge is 0.495 e. The molecule has 1 aromatic heterocycles. The Morgan fingerprint density at radius 2 is 1.75 bits per heavy atom. The minimum Gasteiger partial charge on any atom is -0.495 e. The zero-order valence-corrected chi connectivity index (χ0v) is 16.0. The number of aromatic nitrogens is 1. The van der Waals surface area contributed by atoms with Crippen LogP contribution in [0.1, 0.15) is 11.1 Å². The van der Waals surface area contributed by atoms with E-state index in [1.165, 1.54) is 0 Å². The molecule has 0 saturated heterocycles. The highest BCUT2D eigenvalue weighted by molar-refractivity contribution is 5.80. The van der Waals surface area contributed by atoms with Crippen molar-refractivity contribution < 1.29 is 4.74 Å². The molecule has 0 aliphatic heterocycles. The smallest absolute Gasteiger partial charge is 0.253 e. The minimum absolute atomic E-state index is 0.0815. The standard InChI is InChI=1S/C24H22N2O2/c1-16-8-10-21-19(12-16)13-20(24(27)26-21)15-25-22-14-18(9-11-23(22)28-2)17-6-4-3-5-7-17/h3-14,25H,15H2,1-2H3,(H,26,27). The molecular weight excluding hydrogens is 348 g/mol. The molecule has 0 spiro atoms. The summed E-state index contributed by atoms with van der Waals surface area (Å²) >= 11 is 0. The van der Waals surface area contributed by atoms with Gasteiger partial charge in [-0.1, -0.05) is 48.0 Å². The molecule has 2 N–H and O–H groups in total. The van der Waals surface area contributed by atoms with Crippen LogP contribution in [0.25, 0.3) is 22.0 Å². The molecule has 0 amide bonds. The number of H-pyrrole nitrogens is 1. The number of pyridine rings is 1. The molecule has 0 saturated carbocycles. The second-order valence-electron chi connectivity index (χ2n) is 6.85. The van der Waals surface area contributed by atoms with E-state index in [4.69, 9.17) is 4.74 Å². The summed E-state index contributed by atoms with van der Waals surface area (Å²) in [5.41, 5.74) is 5.69. The predicted molar refractivity (Wildman–Crippen MR) is 115 cm³/mol. The Kier molecular flexibility index (Phi) is 4.85. The zero-order valence-electron chi connectivity index (χ0n) is 16.0. The first-order chi connectivity index (χ1) is 13.6. The molecule has 0 aliphatic rings. The normalized spacial score (nSPS) is 10.8. The fraction of sp³-hybridized carbons (Fsp3) is 0.125. The average molecular weight is 370 g/mol. The van der Waals surface area contributed by atoms with Gasteiger partial charge in [0.1, 0.15) is 5.75 Å². The lowest BCUT2D eigenvalue weighted by atomic mass is 10.0. The van der Waals surface area contributed by atoms with Crippen LogP contribution in [0.5, 0.6) is 5.75 Å². The molecule has 4 aromatic rings. The van der Waals surface area contributed by atoms with E-state index in [0.717, 1.165) is 39.0 Å². The average Bonchev–Trinajstić information content (AvgIpc) is 2.73. The van der Waals surface area contributed by atoms with Crippen molar-refractivity contribution in [3.8, 4) is 16.9 Å². The highest BCUT2D eigenvalue weighted by atomic mass is 16.5. The summed E-state index contributed by atoms with van der Waals surface area (Å²) in [5, 5.41) is 4.39. The van der Waals surface area contributed by atoms with Gasteiger partial charge < -0.3 is 15.0 Å². The number of anilines is 1. The Hall–Kier alpha value is -3.53. The Bertz CT molecular complexity index is 1180. The fourth-order valence-corrected chi connectivity index (χ4v) is 3.35. The maximum Gasteiger partial charge on any atom is 0.253 e. The van der Waals surface area contributed by atoms with Crippen molar-refractivity contribution >= 4 is 16.6 Å². The van der Waals surface area contributed by atoms with Crippen LogP contribution in [0.2, 0.25) is 0 Å². The van der Waals surface area contributed by atoms with Gasteiger partial charge in [-0.05, 0) is 53.8 Å². The lowest BCUT2D eigenvalue weighted by Crippen LogP contribution is -2.16. The second-order valence-corrected chi connectivity index (χ2v) is 6.85. The van der Waals surface area contributed by atoms with Crippen molar-refractivity contribution in [3.63, 3.8) is 0 Å². The van der Waals surface area contributed by atoms with Gasteiger partial charge in [-0.25, -0.2) is 0 Å². The number of aryl methyl sites for hydroxylation is 1. The van der Waals surface area contributed by atoms with E-state index in [0.29, 0.717) is 12.1 Å². The molecule has 4 rings (SSSR count). The van der Waals surface area contributed by atoms with Gasteiger partial charge in [-0.3, -0.25) is 4.79 Å². The third-order valence-corrected chi connectivity index (χ3v) is 4.85. The Labute approximate surface area is 163 Å². The van der Waals surface area contributed by atoms with Crippen molar-refractivity contribution in [3.05, 3.63) is 94.3 Å². The number of methoxy groups -OCH3 is 1. The predicted octanol–water partition coefficient (Wildman–Crippen LogP) is 5.12. The number of hydrogen-bond acceptors (Lipinski definition) is 3. The lowest BCUT2D eigenvalue weighted by molar-refractivity contribution is 0.416. The molecule has 0 atom stereocenters. The van der Waals surface area contributed by atoms with Crippen LogP contribution in [-0.4, -0.2) is 12.1 Å². The number of aromatic amines is 1. The highest BCUT2D eigenvalue weighted by Gasteiger charge is 2.08. The van der Waals surface area contributed by atoms with Gasteiger partial charge >= 0.3 is 0 Å². The number of rotatable bonds is 5. The van der Waals surface area contributed by atoms with Crippen LogP contribution in [0.4, 0.5) is 5.69 Å². The van der Waals surface area contributed by atoms with Gasteiger partial charge in [0, 0.05) is 17.6 Å². The summed E-state index contributed by atoms with van der Waals surface area (Å²) in [4.78, 5) is 15.4. The van der Waals surface area contributed by atoms with Crippen LogP contribution in [-0.2, 0) is 6.54 Å². The van der Waals surface area contributed by atoms with Gasteiger partial charge in [0.25, 0.3) is 5.56 Å². The number of hydrogen-bond donors (Lipinski definition) is 2. The molecule has 0 aliphatic carbocycles. The maximum absolute atomic E-state index is 12.5. The van der Waals surface area contributed by atoms with Crippen LogP contribution in [0.15, 0.2) is 77.6 Å². The molecule has 0 fully saturated rings. The third kappa shape index (κ3) is 3.62. The molecule has 1 heterocycles. The molecule has 28 heavy (non-hydrogen) atoms. The molecule has 0 radical (unpaired) electrons. The van der Waals surface area contributed by atoms with Crippen LogP contribution < -0.4 is 15.6 Å². The Balaban J connectivity index is 1.65. The number of nitrogens with one attached hydrogen (secondary N) is 2. The van der Waals surface area contributed by atoms with Crippen molar-refractivity contribution in [1.29, 1.82) is 0 Å². The van der Waals surface area contributed by atoms with Crippen LogP contribution in [0.3, 0.4) is 0 Å². The summed E-state index contributed by atoms with van der Waals surface area (Å²) in [6.45, 7) is 2.45. The lowest BCUT2D eigenvalue weighted by Gasteiger charge is -2.13. The molecule has 4 nitrogen and oxygen atoms in total. The minimum atomic E-state index is -0.0815. The Morgan fingerprint density at radius 1 is 0.929 bits per heavy atom. The molecule has 140 valence electrons. The number of benzene rings is 3. The van der Waals surface area contributed by atoms with Crippen LogP contribution in [0, 0.1) is 6.92 Å². The van der Waals surface area contributed by atoms with E-state index in [9.17, 15) is 4.79 Å². The third-order valence-electron chi connectivity index (χ3n) is 4.85. The van der Waals surface area contributed by atoms with Crippen molar-refractivity contribution in [2.24, 2.45) is 0 Å². The van der Waals surface area contributed by atoms with E-state index >= 15 is 0 Å². The number of fused-ring (bicyclic) bond motifs is 1. The summed E-state index contributed by atoms with van der Waals surface area (Å²) < 4.78 is 5.49. The monoisotopic (exact) mass is 370 g/mol. The zero-order chi connectivity index (χ0) is 19.5. The fourth-order valence-electron chi connectivity index (χ4n) is 3.35. The van der Waals surface area contributed by atoms with Gasteiger partial charge in [0.05, 0.1) is 12.8 Å². The summed E-state index contributed by atoms with van der Waals surface area (Å²) in [5.74, 6) is 0.743. The quantitative estimate of drug-likeness (QED) is 0.512. The van der Waals surface area contributed by atoms with Crippen LogP contribution >= 0.6 is 0 Å². The molecule has 0 unspecified atom stereocenters. The van der Waals surface area contributed by atoms with E-state index in [1.54, 1.807) is 7.11 Å². The van der Waals surface area contributed by atoms with Gasteiger partial charge in [0.2, 0.25) is 0 Å². The number of ether oxygens (including phenoxy) is 1. The van der Waals surface area contributed by atoms with Crippen molar-refractivity contribution in [2.45, 2.75) is 13.5 Å². The van der Waals surface area contributed by atoms with Crippen molar-refractivity contribution in [1.82, 2.24) is 4.98 Å². The summed E-state index contributed by atoms with van der Waals surface area (Å²) in [6.07, 6.45) is 0. The summed E-state index contributed by atoms with van der Waals surface area (Å²) in [6, 6.07) is 24.2. The topological polar surface area (TPSA) is 54.1 Å². The highest BCUT2D eigenvalue weighted by Crippen LogP contribution is 2.31. The first kappa shape index (κ1) is 17.9. The first-order valence-electron chi connectivity index (χ1n) is 9.24. The van der Waals surface area contributed by atoms with E-state index in [2.05, 4.69) is 28.5 Å². The molecular formula is C24H22N2O2. The summed E-state index contributed by atoms with van der Waals surface area (Å²) in [7, 11) is 1.65. The molecule has 4 heteroatoms. The van der Waals surface area contributed by atoms with Gasteiger partial charge in [-0.15, -0.1) is 0 Å².